The third-order valence-electron chi connectivity index (χ3n) is 6.32. The summed E-state index contributed by atoms with van der Waals surface area (Å²) < 4.78 is 2.14. The molecule has 4 rings (SSSR count). The third kappa shape index (κ3) is 5.46. The van der Waals surface area contributed by atoms with E-state index in [1.54, 1.807) is 4.90 Å². The molecule has 3 aromatic rings. The summed E-state index contributed by atoms with van der Waals surface area (Å²) in [7, 11) is 0. The molecule has 0 saturated heterocycles. The summed E-state index contributed by atoms with van der Waals surface area (Å²) in [6.45, 7) is 8.88. The van der Waals surface area contributed by atoms with Crippen molar-refractivity contribution in [3.8, 4) is 5.69 Å². The Kier molecular flexibility index (Phi) is 7.36. The van der Waals surface area contributed by atoms with Crippen molar-refractivity contribution in [2.75, 3.05) is 18.0 Å². The van der Waals surface area contributed by atoms with E-state index in [1.807, 2.05) is 65.7 Å². The number of carbonyl (C=O) groups excluding carboxylic acids is 2. The van der Waals surface area contributed by atoms with E-state index in [0.717, 1.165) is 35.5 Å². The lowest BCUT2D eigenvalue weighted by atomic mass is 9.91. The van der Waals surface area contributed by atoms with Crippen molar-refractivity contribution >= 4 is 29.1 Å². The molecule has 0 radical (unpaired) electrons. The van der Waals surface area contributed by atoms with Gasteiger partial charge in [0.15, 0.2) is 0 Å². The van der Waals surface area contributed by atoms with Gasteiger partial charge < -0.3 is 9.47 Å². The zero-order chi connectivity index (χ0) is 25.2. The van der Waals surface area contributed by atoms with Gasteiger partial charge in [-0.25, -0.2) is 0 Å². The van der Waals surface area contributed by atoms with E-state index in [-0.39, 0.29) is 29.8 Å². The quantitative estimate of drug-likeness (QED) is 0.372. The van der Waals surface area contributed by atoms with Crippen LogP contribution in [0.3, 0.4) is 0 Å². The zero-order valence-corrected chi connectivity index (χ0v) is 21.8. The number of unbranched alkanes of at least 4 members (excludes halogenated alkanes) is 1. The first-order valence-electron chi connectivity index (χ1n) is 12.3. The minimum atomic E-state index is -0.324. The Hall–Kier alpha value is -3.05. The number of hydrogen-bond donors (Lipinski definition) is 0. The number of para-hydroxylation sites is 2. The topological polar surface area (TPSA) is 45.6 Å². The molecular weight excluding hydrogens is 458 g/mol. The fourth-order valence-electron chi connectivity index (χ4n) is 4.67. The molecule has 0 N–H and O–H groups in total. The number of amides is 2. The van der Waals surface area contributed by atoms with Crippen LogP contribution in [0.2, 0.25) is 5.02 Å². The molecule has 184 valence electrons. The van der Waals surface area contributed by atoms with Crippen molar-refractivity contribution in [3.63, 3.8) is 0 Å². The van der Waals surface area contributed by atoms with E-state index in [0.29, 0.717) is 18.0 Å². The van der Waals surface area contributed by atoms with Crippen LogP contribution in [0.5, 0.6) is 0 Å². The molecule has 5 nitrogen and oxygen atoms in total. The average Bonchev–Trinajstić information content (AvgIpc) is 3.30. The zero-order valence-electron chi connectivity index (χ0n) is 21.0. The first-order chi connectivity index (χ1) is 16.7. The van der Waals surface area contributed by atoms with Crippen LogP contribution in [0.1, 0.15) is 64.3 Å². The normalized spacial score (nSPS) is 14.9. The van der Waals surface area contributed by atoms with Crippen molar-refractivity contribution in [1.82, 2.24) is 9.47 Å². The number of anilines is 1. The van der Waals surface area contributed by atoms with Gasteiger partial charge in [-0.15, -0.1) is 0 Å². The van der Waals surface area contributed by atoms with Gasteiger partial charge in [-0.2, -0.15) is 0 Å². The van der Waals surface area contributed by atoms with Crippen molar-refractivity contribution in [3.05, 3.63) is 83.1 Å². The number of benzene rings is 2. The van der Waals surface area contributed by atoms with Crippen LogP contribution in [-0.2, 0) is 9.59 Å². The van der Waals surface area contributed by atoms with Crippen LogP contribution in [-0.4, -0.2) is 34.4 Å². The maximum Gasteiger partial charge on any atom is 0.247 e. The maximum atomic E-state index is 14.1. The van der Waals surface area contributed by atoms with Crippen LogP contribution >= 0.6 is 11.6 Å². The molecule has 6 heteroatoms. The summed E-state index contributed by atoms with van der Waals surface area (Å²) in [5.74, 6) is -0.0702. The minimum absolute atomic E-state index is 0.0241. The fraction of sp³-hybridized carbons (Fsp3) is 0.379. The molecule has 1 unspecified atom stereocenters. The molecule has 1 aromatic heterocycles. The maximum absolute atomic E-state index is 14.1. The van der Waals surface area contributed by atoms with Gasteiger partial charge in [0.05, 0.1) is 17.1 Å². The number of nitrogens with zero attached hydrogens (tertiary/aromatic N) is 3. The Bertz CT molecular complexity index is 1190. The Morgan fingerprint density at radius 3 is 2.31 bits per heavy atom. The van der Waals surface area contributed by atoms with Crippen molar-refractivity contribution in [2.45, 2.75) is 53.0 Å². The molecule has 35 heavy (non-hydrogen) atoms. The highest BCUT2D eigenvalue weighted by Gasteiger charge is 2.37. The molecule has 0 fully saturated rings. The van der Waals surface area contributed by atoms with E-state index in [4.69, 9.17) is 11.6 Å². The molecule has 0 saturated carbocycles. The molecular formula is C29H34ClN3O2. The SMILES string of the molecule is CCCCN(CC(=O)N1c2ccccc2-n2cccc2C1c1ccc(Cl)cc1)C(=O)CC(C)(C)C. The highest BCUT2D eigenvalue weighted by Crippen LogP contribution is 2.42. The molecule has 0 spiro atoms. The van der Waals surface area contributed by atoms with Crippen molar-refractivity contribution < 1.29 is 9.59 Å². The second kappa shape index (κ2) is 10.3. The van der Waals surface area contributed by atoms with Gasteiger partial charge in [0.1, 0.15) is 12.6 Å². The summed E-state index contributed by atoms with van der Waals surface area (Å²) in [6.07, 6.45) is 4.26. The molecule has 2 heterocycles. The van der Waals surface area contributed by atoms with Gasteiger partial charge in [0, 0.05) is 24.2 Å². The largest absolute Gasteiger partial charge is 0.333 e. The summed E-state index contributed by atoms with van der Waals surface area (Å²) in [5.41, 5.74) is 3.61. The lowest BCUT2D eigenvalue weighted by molar-refractivity contribution is -0.137. The molecule has 0 bridgehead atoms. The Morgan fingerprint density at radius 1 is 0.971 bits per heavy atom. The Labute approximate surface area is 213 Å². The Morgan fingerprint density at radius 2 is 1.66 bits per heavy atom. The first-order valence-corrected chi connectivity index (χ1v) is 12.7. The number of carbonyl (C=O) groups is 2. The first kappa shape index (κ1) is 25.1. The monoisotopic (exact) mass is 491 g/mol. The predicted molar refractivity (Wildman–Crippen MR) is 142 cm³/mol. The smallest absolute Gasteiger partial charge is 0.247 e. The number of rotatable bonds is 7. The van der Waals surface area contributed by atoms with Gasteiger partial charge >= 0.3 is 0 Å². The molecule has 2 aromatic carbocycles. The number of halogens is 1. The van der Waals surface area contributed by atoms with Crippen molar-refractivity contribution in [2.24, 2.45) is 5.41 Å². The average molecular weight is 492 g/mol. The summed E-state index contributed by atoms with van der Waals surface area (Å²) >= 11 is 6.18. The minimum Gasteiger partial charge on any atom is -0.333 e. The number of fused-ring (bicyclic) bond motifs is 3. The molecule has 0 aliphatic carbocycles. The molecule has 1 aliphatic heterocycles. The van der Waals surface area contributed by atoms with E-state index in [9.17, 15) is 9.59 Å². The summed E-state index contributed by atoms with van der Waals surface area (Å²) in [6, 6.07) is 19.3. The second-order valence-electron chi connectivity index (χ2n) is 10.4. The van der Waals surface area contributed by atoms with Gasteiger partial charge in [-0.1, -0.05) is 70.0 Å². The Balaban J connectivity index is 1.75. The lowest BCUT2D eigenvalue weighted by Gasteiger charge is -2.39. The van der Waals surface area contributed by atoms with Gasteiger partial charge in [0.2, 0.25) is 11.8 Å². The lowest BCUT2D eigenvalue weighted by Crippen LogP contribution is -2.47. The van der Waals surface area contributed by atoms with E-state index < -0.39 is 0 Å². The van der Waals surface area contributed by atoms with Crippen LogP contribution < -0.4 is 4.90 Å². The number of hydrogen-bond acceptors (Lipinski definition) is 2. The fourth-order valence-corrected chi connectivity index (χ4v) is 4.79. The second-order valence-corrected chi connectivity index (χ2v) is 10.9. The predicted octanol–water partition coefficient (Wildman–Crippen LogP) is 6.63. The summed E-state index contributed by atoms with van der Waals surface area (Å²) in [4.78, 5) is 30.9. The van der Waals surface area contributed by atoms with Gasteiger partial charge in [-0.05, 0) is 53.8 Å². The van der Waals surface area contributed by atoms with Gasteiger partial charge in [0.25, 0.3) is 0 Å². The van der Waals surface area contributed by atoms with Crippen LogP contribution in [0, 0.1) is 5.41 Å². The van der Waals surface area contributed by atoms with Crippen LogP contribution in [0.4, 0.5) is 5.69 Å². The molecule has 1 atom stereocenters. The van der Waals surface area contributed by atoms with Crippen molar-refractivity contribution in [1.29, 1.82) is 0 Å². The molecule has 2 amide bonds. The highest BCUT2D eigenvalue weighted by atomic mass is 35.5. The van der Waals surface area contributed by atoms with Crippen LogP contribution in [0.25, 0.3) is 5.69 Å². The van der Waals surface area contributed by atoms with E-state index >= 15 is 0 Å². The number of aromatic nitrogens is 1. The van der Waals surface area contributed by atoms with E-state index in [1.165, 1.54) is 0 Å². The van der Waals surface area contributed by atoms with E-state index in [2.05, 4.69) is 38.3 Å². The highest BCUT2D eigenvalue weighted by molar-refractivity contribution is 6.30. The van der Waals surface area contributed by atoms with Crippen LogP contribution in [0.15, 0.2) is 66.9 Å². The third-order valence-corrected chi connectivity index (χ3v) is 6.57. The summed E-state index contributed by atoms with van der Waals surface area (Å²) in [5, 5.41) is 0.650. The van der Waals surface area contributed by atoms with Gasteiger partial charge in [-0.3, -0.25) is 14.5 Å². The molecule has 1 aliphatic rings. The standard InChI is InChI=1S/C29H34ClN3O2/c1-5-6-17-31(26(34)19-29(2,3)4)20-27(35)33-24-11-8-7-10-23(24)32-18-9-12-25(32)28(33)21-13-15-22(30)16-14-21/h7-16,18,28H,5-6,17,19-20H2,1-4H3.